The summed E-state index contributed by atoms with van der Waals surface area (Å²) in [6, 6.07) is 0. The van der Waals surface area contributed by atoms with Crippen LogP contribution in [0.5, 0.6) is 0 Å². The molecule has 0 spiro atoms. The van der Waals surface area contributed by atoms with Crippen LogP contribution in [0.25, 0.3) is 0 Å². The monoisotopic (exact) mass is 231 g/mol. The lowest BCUT2D eigenvalue weighted by molar-refractivity contribution is -0.127. The van der Waals surface area contributed by atoms with Crippen LogP contribution in [-0.2, 0) is 14.4 Å². The second-order valence-corrected chi connectivity index (χ2v) is 4.34. The zero-order valence-electron chi connectivity index (χ0n) is 9.33. The van der Waals surface area contributed by atoms with Crippen LogP contribution in [0.15, 0.2) is 0 Å². The molecule has 0 unspecified atom stereocenters. The number of thioether (sulfide) groups is 1. The molecule has 0 radical (unpaired) electrons. The van der Waals surface area contributed by atoms with Crippen molar-refractivity contribution in [1.29, 1.82) is 0 Å². The van der Waals surface area contributed by atoms with Gasteiger partial charge in [-0.25, -0.2) is 0 Å². The molecule has 5 heteroatoms. The first-order valence-electron chi connectivity index (χ1n) is 4.83. The van der Waals surface area contributed by atoms with Crippen LogP contribution in [0.3, 0.4) is 0 Å². The average molecular weight is 231 g/mol. The molecular weight excluding hydrogens is 214 g/mol. The number of hydrogen-bond acceptors (Lipinski definition) is 4. The molecule has 0 rings (SSSR count). The van der Waals surface area contributed by atoms with Gasteiger partial charge in [-0.15, -0.1) is 0 Å². The molecule has 0 saturated carbocycles. The summed E-state index contributed by atoms with van der Waals surface area (Å²) in [6.07, 6.45) is 2.07. The molecule has 0 aliphatic heterocycles. The number of nitrogens with one attached hydrogen (secondary N) is 1. The van der Waals surface area contributed by atoms with E-state index in [4.69, 9.17) is 0 Å². The van der Waals surface area contributed by atoms with Crippen molar-refractivity contribution in [1.82, 2.24) is 5.32 Å². The molecule has 0 fully saturated rings. The van der Waals surface area contributed by atoms with Gasteiger partial charge >= 0.3 is 0 Å². The molecule has 0 atom stereocenters. The first-order valence-corrected chi connectivity index (χ1v) is 6.06. The molecule has 15 heavy (non-hydrogen) atoms. The van der Waals surface area contributed by atoms with Gasteiger partial charge in [0.15, 0.2) is 10.9 Å². The number of rotatable bonds is 6. The van der Waals surface area contributed by atoms with Crippen LogP contribution < -0.4 is 5.32 Å². The van der Waals surface area contributed by atoms with Crippen molar-refractivity contribution in [3.63, 3.8) is 0 Å². The van der Waals surface area contributed by atoms with E-state index in [9.17, 15) is 14.4 Å². The summed E-state index contributed by atoms with van der Waals surface area (Å²) in [5.74, 6) is -0.316. The minimum Gasteiger partial charge on any atom is -0.349 e. The maximum atomic E-state index is 11.2. The molecule has 0 saturated heterocycles. The second-order valence-electron chi connectivity index (χ2n) is 3.47. The molecule has 86 valence electrons. The minimum absolute atomic E-state index is 0.000423. The van der Waals surface area contributed by atoms with Gasteiger partial charge in [0.1, 0.15) is 0 Å². The predicted molar refractivity (Wildman–Crippen MR) is 60.6 cm³/mol. The standard InChI is InChI=1S/C10H17NO3S/c1-7(2)8(12)6-11-9(13)4-5-10(14)15-3/h7H,4-6H2,1-3H3,(H,11,13). The van der Waals surface area contributed by atoms with E-state index in [-0.39, 0.29) is 42.1 Å². The Kier molecular flexibility index (Phi) is 7.03. The van der Waals surface area contributed by atoms with E-state index in [1.807, 2.05) is 0 Å². The first-order chi connectivity index (χ1) is 6.97. The third kappa shape index (κ3) is 7.13. The Bertz CT molecular complexity index is 251. The summed E-state index contributed by atoms with van der Waals surface area (Å²) in [6.45, 7) is 3.63. The molecule has 0 aromatic heterocycles. The van der Waals surface area contributed by atoms with E-state index >= 15 is 0 Å². The summed E-state index contributed by atoms with van der Waals surface area (Å²) in [7, 11) is 0. The van der Waals surface area contributed by atoms with Crippen molar-refractivity contribution in [2.24, 2.45) is 5.92 Å². The molecule has 1 N–H and O–H groups in total. The van der Waals surface area contributed by atoms with E-state index in [0.717, 1.165) is 11.8 Å². The molecule has 4 nitrogen and oxygen atoms in total. The van der Waals surface area contributed by atoms with Crippen LogP contribution in [0.1, 0.15) is 26.7 Å². The zero-order chi connectivity index (χ0) is 11.8. The quantitative estimate of drug-likeness (QED) is 0.740. The van der Waals surface area contributed by atoms with Gasteiger partial charge in [-0.05, 0) is 6.26 Å². The number of Topliss-reactive ketones (excluding diaryl/α,β-unsaturated/α-hetero) is 1. The minimum atomic E-state index is -0.244. The number of hydrogen-bond donors (Lipinski definition) is 1. The van der Waals surface area contributed by atoms with Gasteiger partial charge in [0, 0.05) is 18.8 Å². The maximum Gasteiger partial charge on any atom is 0.220 e. The molecule has 0 aliphatic carbocycles. The normalized spacial score (nSPS) is 10.1. The highest BCUT2D eigenvalue weighted by molar-refractivity contribution is 8.13. The van der Waals surface area contributed by atoms with Crippen molar-refractivity contribution in [3.05, 3.63) is 0 Å². The van der Waals surface area contributed by atoms with Crippen LogP contribution >= 0.6 is 11.8 Å². The van der Waals surface area contributed by atoms with Gasteiger partial charge in [-0.1, -0.05) is 25.6 Å². The van der Waals surface area contributed by atoms with Crippen molar-refractivity contribution < 1.29 is 14.4 Å². The molecular formula is C10H17NO3S. The highest BCUT2D eigenvalue weighted by atomic mass is 32.2. The summed E-state index contributed by atoms with van der Waals surface area (Å²) in [5, 5.41) is 2.48. The molecule has 0 bridgehead atoms. The Labute approximate surface area is 94.2 Å². The number of carbonyl (C=O) groups is 3. The van der Waals surface area contributed by atoms with Gasteiger partial charge in [0.2, 0.25) is 5.91 Å². The molecule has 0 aliphatic rings. The first kappa shape index (κ1) is 14.2. The Morgan fingerprint density at radius 2 is 1.80 bits per heavy atom. The lowest BCUT2D eigenvalue weighted by atomic mass is 10.1. The smallest absolute Gasteiger partial charge is 0.220 e. The molecule has 0 heterocycles. The van der Waals surface area contributed by atoms with Gasteiger partial charge in [-0.3, -0.25) is 14.4 Å². The fourth-order valence-corrected chi connectivity index (χ4v) is 1.10. The van der Waals surface area contributed by atoms with Gasteiger partial charge in [0.05, 0.1) is 6.54 Å². The molecule has 0 aromatic carbocycles. The fourth-order valence-electron chi connectivity index (χ4n) is 0.796. The van der Waals surface area contributed by atoms with Crippen molar-refractivity contribution >= 4 is 28.6 Å². The number of ketones is 1. The van der Waals surface area contributed by atoms with Gasteiger partial charge < -0.3 is 5.32 Å². The topological polar surface area (TPSA) is 63.2 Å². The van der Waals surface area contributed by atoms with Crippen molar-refractivity contribution in [2.75, 3.05) is 12.8 Å². The summed E-state index contributed by atoms with van der Waals surface area (Å²) < 4.78 is 0. The van der Waals surface area contributed by atoms with E-state index < -0.39 is 0 Å². The summed E-state index contributed by atoms with van der Waals surface area (Å²) >= 11 is 1.11. The average Bonchev–Trinajstić information content (AvgIpc) is 2.21. The Hall–Kier alpha value is -0.840. The third-order valence-corrected chi connectivity index (χ3v) is 2.55. The SMILES string of the molecule is CSC(=O)CCC(=O)NCC(=O)C(C)C. The molecule has 0 aromatic rings. The summed E-state index contributed by atoms with van der Waals surface area (Å²) in [5.41, 5.74) is 0. The van der Waals surface area contributed by atoms with Crippen LogP contribution in [0, 0.1) is 5.92 Å². The second kappa shape index (κ2) is 7.45. The lowest BCUT2D eigenvalue weighted by Gasteiger charge is -2.05. The fraction of sp³-hybridized carbons (Fsp3) is 0.700. The Morgan fingerprint density at radius 1 is 1.20 bits per heavy atom. The third-order valence-electron chi connectivity index (χ3n) is 1.89. The zero-order valence-corrected chi connectivity index (χ0v) is 10.1. The predicted octanol–water partition coefficient (Wildman–Crippen LogP) is 0.997. The van der Waals surface area contributed by atoms with Gasteiger partial charge in [-0.2, -0.15) is 0 Å². The van der Waals surface area contributed by atoms with Crippen LogP contribution in [0.2, 0.25) is 0 Å². The molecule has 1 amide bonds. The lowest BCUT2D eigenvalue weighted by Crippen LogP contribution is -2.31. The largest absolute Gasteiger partial charge is 0.349 e. The number of carbonyl (C=O) groups excluding carboxylic acids is 3. The van der Waals surface area contributed by atoms with E-state index in [0.29, 0.717) is 0 Å². The van der Waals surface area contributed by atoms with E-state index in [2.05, 4.69) is 5.32 Å². The maximum absolute atomic E-state index is 11.2. The van der Waals surface area contributed by atoms with Crippen LogP contribution in [0.4, 0.5) is 0 Å². The van der Waals surface area contributed by atoms with Crippen LogP contribution in [-0.4, -0.2) is 29.6 Å². The van der Waals surface area contributed by atoms with Gasteiger partial charge in [0.25, 0.3) is 0 Å². The highest BCUT2D eigenvalue weighted by Crippen LogP contribution is 2.02. The van der Waals surface area contributed by atoms with E-state index in [1.54, 1.807) is 20.1 Å². The van der Waals surface area contributed by atoms with E-state index in [1.165, 1.54) is 0 Å². The number of amides is 1. The Balaban J connectivity index is 3.67. The highest BCUT2D eigenvalue weighted by Gasteiger charge is 2.10. The Morgan fingerprint density at radius 3 is 2.27 bits per heavy atom. The summed E-state index contributed by atoms with van der Waals surface area (Å²) in [4.78, 5) is 33.2. The van der Waals surface area contributed by atoms with Crippen molar-refractivity contribution in [3.8, 4) is 0 Å². The van der Waals surface area contributed by atoms with Crippen molar-refractivity contribution in [2.45, 2.75) is 26.7 Å².